The average molecular weight is 352 g/mol. The Morgan fingerprint density at radius 3 is 2.46 bits per heavy atom. The van der Waals surface area contributed by atoms with E-state index < -0.39 is 0 Å². The quantitative estimate of drug-likeness (QED) is 0.853. The van der Waals surface area contributed by atoms with Crippen LogP contribution in [0.2, 0.25) is 0 Å². The molecular weight excluding hydrogens is 324 g/mol. The van der Waals surface area contributed by atoms with Gasteiger partial charge in [0.2, 0.25) is 0 Å². The normalized spacial score (nSPS) is 14.6. The fourth-order valence-electron chi connectivity index (χ4n) is 3.39. The number of carbonyl (C=O) groups excluding carboxylic acids is 1. The van der Waals surface area contributed by atoms with Gasteiger partial charge < -0.3 is 15.0 Å². The van der Waals surface area contributed by atoms with Gasteiger partial charge in [0.05, 0.1) is 7.11 Å². The second-order valence-corrected chi connectivity index (χ2v) is 6.81. The maximum absolute atomic E-state index is 12.2. The van der Waals surface area contributed by atoms with Gasteiger partial charge in [0, 0.05) is 30.9 Å². The van der Waals surface area contributed by atoms with Gasteiger partial charge in [-0.25, -0.2) is 0 Å². The topological polar surface area (TPSA) is 41.6 Å². The molecule has 0 spiro atoms. The molecule has 0 atom stereocenters. The molecule has 0 aliphatic carbocycles. The first kappa shape index (κ1) is 18.3. The Labute approximate surface area is 156 Å². The summed E-state index contributed by atoms with van der Waals surface area (Å²) in [7, 11) is 1.60. The molecule has 1 aliphatic heterocycles. The highest BCUT2D eigenvalue weighted by molar-refractivity contribution is 5.94. The number of anilines is 1. The van der Waals surface area contributed by atoms with Gasteiger partial charge in [-0.2, -0.15) is 0 Å². The van der Waals surface area contributed by atoms with Crippen LogP contribution in [0.5, 0.6) is 5.75 Å². The largest absolute Gasteiger partial charge is 0.497 e. The molecule has 1 saturated heterocycles. The highest BCUT2D eigenvalue weighted by Gasteiger charge is 2.10. The van der Waals surface area contributed by atoms with Crippen LogP contribution in [0.1, 0.15) is 41.6 Å². The fraction of sp³-hybridized carbons (Fsp3) is 0.409. The van der Waals surface area contributed by atoms with Crippen LogP contribution in [-0.4, -0.2) is 32.7 Å². The van der Waals surface area contributed by atoms with Crippen molar-refractivity contribution < 1.29 is 9.53 Å². The molecule has 0 aromatic heterocycles. The predicted octanol–water partition coefficient (Wildman–Crippen LogP) is 4.05. The first-order chi connectivity index (χ1) is 12.8. The molecule has 3 rings (SSSR count). The van der Waals surface area contributed by atoms with Crippen molar-refractivity contribution >= 4 is 11.6 Å². The van der Waals surface area contributed by atoms with E-state index in [9.17, 15) is 4.79 Å². The zero-order valence-electron chi connectivity index (χ0n) is 15.5. The van der Waals surface area contributed by atoms with E-state index >= 15 is 0 Å². The van der Waals surface area contributed by atoms with Gasteiger partial charge in [0.25, 0.3) is 5.91 Å². The molecule has 2 aromatic rings. The maximum atomic E-state index is 12.2. The molecule has 0 unspecified atom stereocenters. The van der Waals surface area contributed by atoms with E-state index in [0.717, 1.165) is 19.5 Å². The Hall–Kier alpha value is -2.49. The van der Waals surface area contributed by atoms with Gasteiger partial charge in [0.1, 0.15) is 5.75 Å². The van der Waals surface area contributed by atoms with Crippen LogP contribution in [0, 0.1) is 0 Å². The highest BCUT2D eigenvalue weighted by atomic mass is 16.5. The summed E-state index contributed by atoms with van der Waals surface area (Å²) in [6, 6.07) is 16.0. The zero-order valence-corrected chi connectivity index (χ0v) is 15.5. The lowest BCUT2D eigenvalue weighted by atomic mass is 10.1. The third-order valence-electron chi connectivity index (χ3n) is 4.94. The molecule has 1 fully saturated rings. The summed E-state index contributed by atoms with van der Waals surface area (Å²) in [5.74, 6) is 0.631. The molecule has 0 bridgehead atoms. The Bertz CT molecular complexity index is 704. The van der Waals surface area contributed by atoms with E-state index in [1.54, 1.807) is 19.2 Å². The second-order valence-electron chi connectivity index (χ2n) is 6.81. The summed E-state index contributed by atoms with van der Waals surface area (Å²) >= 11 is 0. The molecular formula is C22H28N2O2. The van der Waals surface area contributed by atoms with Crippen LogP contribution < -0.4 is 15.0 Å². The van der Waals surface area contributed by atoms with Crippen LogP contribution in [0.4, 0.5) is 5.69 Å². The number of nitrogens with one attached hydrogen (secondary N) is 1. The predicted molar refractivity (Wildman–Crippen MR) is 106 cm³/mol. The number of rotatable bonds is 6. The lowest BCUT2D eigenvalue weighted by Gasteiger charge is -2.22. The molecule has 4 heteroatoms. The van der Waals surface area contributed by atoms with Crippen LogP contribution in [0.25, 0.3) is 0 Å². The Kier molecular flexibility index (Phi) is 6.53. The summed E-state index contributed by atoms with van der Waals surface area (Å²) in [4.78, 5) is 14.7. The van der Waals surface area contributed by atoms with Gasteiger partial charge in [-0.05, 0) is 55.2 Å². The molecule has 1 aliphatic rings. The summed E-state index contributed by atoms with van der Waals surface area (Å²) in [6.07, 6.45) is 6.11. The monoisotopic (exact) mass is 352 g/mol. The first-order valence-corrected chi connectivity index (χ1v) is 9.52. The summed E-state index contributed by atoms with van der Waals surface area (Å²) in [5, 5.41) is 2.98. The molecule has 0 saturated carbocycles. The van der Waals surface area contributed by atoms with Crippen LogP contribution >= 0.6 is 0 Å². The number of ether oxygens (including phenoxy) is 1. The number of carbonyl (C=O) groups is 1. The van der Waals surface area contributed by atoms with Crippen molar-refractivity contribution in [2.45, 2.75) is 32.1 Å². The van der Waals surface area contributed by atoms with E-state index in [2.05, 4.69) is 34.5 Å². The average Bonchev–Trinajstić information content (AvgIpc) is 2.98. The number of hydrogen-bond acceptors (Lipinski definition) is 3. The number of amides is 1. The first-order valence-electron chi connectivity index (χ1n) is 9.52. The van der Waals surface area contributed by atoms with E-state index in [1.165, 1.54) is 36.9 Å². The number of methoxy groups -OCH3 is 1. The molecule has 138 valence electrons. The maximum Gasteiger partial charge on any atom is 0.251 e. The van der Waals surface area contributed by atoms with Crippen molar-refractivity contribution in [2.75, 3.05) is 31.6 Å². The van der Waals surface area contributed by atoms with Crippen molar-refractivity contribution in [3.05, 3.63) is 59.7 Å². The minimum atomic E-state index is -0.0647. The molecule has 1 N–H and O–H groups in total. The van der Waals surface area contributed by atoms with Crippen LogP contribution in [-0.2, 0) is 6.42 Å². The Balaban J connectivity index is 1.49. The van der Waals surface area contributed by atoms with Gasteiger partial charge in [0.15, 0.2) is 0 Å². The van der Waals surface area contributed by atoms with Crippen molar-refractivity contribution in [1.29, 1.82) is 0 Å². The van der Waals surface area contributed by atoms with Gasteiger partial charge in [-0.15, -0.1) is 0 Å². The van der Waals surface area contributed by atoms with Crippen LogP contribution in [0.15, 0.2) is 48.5 Å². The van der Waals surface area contributed by atoms with E-state index in [4.69, 9.17) is 4.74 Å². The smallest absolute Gasteiger partial charge is 0.251 e. The summed E-state index contributed by atoms with van der Waals surface area (Å²) in [5.41, 5.74) is 3.19. The SMILES string of the molecule is COc1cccc(C(=O)NCCc2ccc(N3CCCCCC3)cc2)c1. The van der Waals surface area contributed by atoms with Crippen molar-refractivity contribution in [2.24, 2.45) is 0 Å². The van der Waals surface area contributed by atoms with Crippen molar-refractivity contribution in [3.8, 4) is 5.75 Å². The second kappa shape index (κ2) is 9.27. The number of benzene rings is 2. The van der Waals surface area contributed by atoms with Crippen molar-refractivity contribution in [1.82, 2.24) is 5.32 Å². The molecule has 26 heavy (non-hydrogen) atoms. The summed E-state index contributed by atoms with van der Waals surface area (Å²) in [6.45, 7) is 2.95. The molecule has 1 amide bonds. The highest BCUT2D eigenvalue weighted by Crippen LogP contribution is 2.20. The Morgan fingerprint density at radius 2 is 1.77 bits per heavy atom. The third-order valence-corrected chi connectivity index (χ3v) is 4.94. The number of nitrogens with zero attached hydrogens (tertiary/aromatic N) is 1. The zero-order chi connectivity index (χ0) is 18.2. The fourth-order valence-corrected chi connectivity index (χ4v) is 3.39. The Morgan fingerprint density at radius 1 is 1.04 bits per heavy atom. The van der Waals surface area contributed by atoms with Gasteiger partial charge in [-0.3, -0.25) is 4.79 Å². The lowest BCUT2D eigenvalue weighted by molar-refractivity contribution is 0.0954. The lowest BCUT2D eigenvalue weighted by Crippen LogP contribution is -2.25. The van der Waals surface area contributed by atoms with Gasteiger partial charge in [-0.1, -0.05) is 31.0 Å². The van der Waals surface area contributed by atoms with E-state index in [1.807, 2.05) is 12.1 Å². The molecule has 2 aromatic carbocycles. The van der Waals surface area contributed by atoms with E-state index in [-0.39, 0.29) is 5.91 Å². The standard InChI is InChI=1S/C22H28N2O2/c1-26-21-8-6-7-19(17-21)22(25)23-14-13-18-9-11-20(12-10-18)24-15-4-2-3-5-16-24/h6-12,17H,2-5,13-16H2,1H3,(H,23,25). The third kappa shape index (κ3) is 5.01. The molecule has 1 heterocycles. The molecule has 0 radical (unpaired) electrons. The minimum absolute atomic E-state index is 0.0647. The van der Waals surface area contributed by atoms with E-state index in [0.29, 0.717) is 17.9 Å². The van der Waals surface area contributed by atoms with Crippen LogP contribution in [0.3, 0.4) is 0 Å². The summed E-state index contributed by atoms with van der Waals surface area (Å²) < 4.78 is 5.16. The van der Waals surface area contributed by atoms with Crippen molar-refractivity contribution in [3.63, 3.8) is 0 Å². The number of hydrogen-bond donors (Lipinski definition) is 1. The molecule has 4 nitrogen and oxygen atoms in total. The van der Waals surface area contributed by atoms with Gasteiger partial charge >= 0.3 is 0 Å². The minimum Gasteiger partial charge on any atom is -0.497 e.